The number of rotatable bonds is 5. The summed E-state index contributed by atoms with van der Waals surface area (Å²) in [6, 6.07) is 3.63. The average molecular weight is 271 g/mol. The van der Waals surface area contributed by atoms with Gasteiger partial charge in [0.2, 0.25) is 5.91 Å². The van der Waals surface area contributed by atoms with Gasteiger partial charge in [-0.15, -0.1) is 0 Å². The van der Waals surface area contributed by atoms with Crippen LogP contribution in [-0.4, -0.2) is 26.5 Å². The van der Waals surface area contributed by atoms with Crippen LogP contribution in [0, 0.1) is 5.92 Å². The molecule has 0 spiro atoms. The minimum atomic E-state index is -0.0541. The molecule has 3 rings (SSSR count). The molecule has 0 bridgehead atoms. The molecule has 2 aromatic heterocycles. The monoisotopic (exact) mass is 271 g/mol. The van der Waals surface area contributed by atoms with Crippen LogP contribution in [-0.2, 0) is 4.79 Å². The van der Waals surface area contributed by atoms with Crippen molar-refractivity contribution in [3.05, 3.63) is 37.1 Å². The molecule has 1 fully saturated rings. The predicted octanol–water partition coefficient (Wildman–Crippen LogP) is 1.33. The van der Waals surface area contributed by atoms with Gasteiger partial charge in [-0.3, -0.25) is 9.36 Å². The van der Waals surface area contributed by atoms with Gasteiger partial charge in [0, 0.05) is 24.9 Å². The quantitative estimate of drug-likeness (QED) is 0.859. The third-order valence-electron chi connectivity index (χ3n) is 3.45. The first kappa shape index (κ1) is 12.8. The molecule has 1 saturated carbocycles. The van der Waals surface area contributed by atoms with Gasteiger partial charge in [0.25, 0.3) is 0 Å². The molecule has 3 N–H and O–H groups in total. The maximum absolute atomic E-state index is 11.8. The lowest BCUT2D eigenvalue weighted by Crippen LogP contribution is -2.28. The molecule has 0 saturated heterocycles. The molecule has 6 heteroatoms. The fraction of sp³-hybridized carbons (Fsp3) is 0.357. The van der Waals surface area contributed by atoms with E-state index >= 15 is 0 Å². The Bertz CT molecular complexity index is 574. The fourth-order valence-corrected chi connectivity index (χ4v) is 2.12. The van der Waals surface area contributed by atoms with Gasteiger partial charge in [-0.1, -0.05) is 0 Å². The molecule has 104 valence electrons. The highest BCUT2D eigenvalue weighted by atomic mass is 16.1. The Kier molecular flexibility index (Phi) is 3.47. The van der Waals surface area contributed by atoms with Crippen molar-refractivity contribution in [1.82, 2.24) is 14.5 Å². The zero-order chi connectivity index (χ0) is 13.9. The second-order valence-corrected chi connectivity index (χ2v) is 5.13. The van der Waals surface area contributed by atoms with Crippen molar-refractivity contribution in [2.75, 3.05) is 5.32 Å². The highest BCUT2D eigenvalue weighted by Gasteiger charge is 2.29. The predicted molar refractivity (Wildman–Crippen MR) is 75.3 cm³/mol. The molecule has 0 radical (unpaired) electrons. The van der Waals surface area contributed by atoms with E-state index in [0.717, 1.165) is 18.7 Å². The van der Waals surface area contributed by atoms with E-state index in [0.29, 0.717) is 18.0 Å². The molecule has 1 aliphatic rings. The van der Waals surface area contributed by atoms with Crippen molar-refractivity contribution < 1.29 is 4.79 Å². The van der Waals surface area contributed by atoms with Gasteiger partial charge < -0.3 is 11.1 Å². The number of nitrogens with two attached hydrogens (primary N) is 1. The fourth-order valence-electron chi connectivity index (χ4n) is 2.12. The second kappa shape index (κ2) is 5.42. The van der Waals surface area contributed by atoms with Gasteiger partial charge in [-0.25, -0.2) is 9.97 Å². The molecule has 0 aromatic carbocycles. The van der Waals surface area contributed by atoms with Crippen LogP contribution >= 0.6 is 0 Å². The molecule has 2 heterocycles. The molecule has 1 atom stereocenters. The number of carbonyl (C=O) groups is 1. The number of hydrogen-bond donors (Lipinski definition) is 2. The van der Waals surface area contributed by atoms with Gasteiger partial charge in [0.15, 0.2) is 0 Å². The van der Waals surface area contributed by atoms with Crippen molar-refractivity contribution in [1.29, 1.82) is 0 Å². The summed E-state index contributed by atoms with van der Waals surface area (Å²) in [5.41, 5.74) is 6.62. The summed E-state index contributed by atoms with van der Waals surface area (Å²) >= 11 is 0. The van der Waals surface area contributed by atoms with E-state index in [-0.39, 0.29) is 11.9 Å². The van der Waals surface area contributed by atoms with Crippen LogP contribution in [0.25, 0.3) is 5.82 Å². The van der Waals surface area contributed by atoms with Gasteiger partial charge in [-0.2, -0.15) is 0 Å². The number of anilines is 1. The van der Waals surface area contributed by atoms with Crippen molar-refractivity contribution in [2.24, 2.45) is 11.7 Å². The van der Waals surface area contributed by atoms with Crippen molar-refractivity contribution in [3.63, 3.8) is 0 Å². The van der Waals surface area contributed by atoms with E-state index in [2.05, 4.69) is 15.3 Å². The summed E-state index contributed by atoms with van der Waals surface area (Å²) in [6.45, 7) is 0. The summed E-state index contributed by atoms with van der Waals surface area (Å²) in [6.07, 6.45) is 9.48. The first-order valence-corrected chi connectivity index (χ1v) is 6.72. The third kappa shape index (κ3) is 3.03. The lowest BCUT2D eigenvalue weighted by atomic mass is 10.1. The van der Waals surface area contributed by atoms with E-state index in [4.69, 9.17) is 5.73 Å². The van der Waals surface area contributed by atoms with Crippen LogP contribution in [0.4, 0.5) is 5.69 Å². The number of nitrogens with one attached hydrogen (secondary N) is 1. The Morgan fingerprint density at radius 1 is 1.50 bits per heavy atom. The first-order chi connectivity index (χ1) is 9.72. The van der Waals surface area contributed by atoms with Gasteiger partial charge in [0.05, 0.1) is 11.9 Å². The highest BCUT2D eigenvalue weighted by Crippen LogP contribution is 2.32. The number of amides is 1. The van der Waals surface area contributed by atoms with Gasteiger partial charge in [0.1, 0.15) is 12.1 Å². The normalized spacial score (nSPS) is 15.8. The van der Waals surface area contributed by atoms with E-state index in [9.17, 15) is 4.79 Å². The van der Waals surface area contributed by atoms with E-state index in [1.165, 1.54) is 0 Å². The van der Waals surface area contributed by atoms with E-state index < -0.39 is 0 Å². The van der Waals surface area contributed by atoms with Crippen molar-refractivity contribution >= 4 is 11.6 Å². The van der Waals surface area contributed by atoms with E-state index in [1.54, 1.807) is 23.3 Å². The third-order valence-corrected chi connectivity index (χ3v) is 3.45. The van der Waals surface area contributed by atoms with Crippen LogP contribution in [0.5, 0.6) is 0 Å². The number of hydrogen-bond acceptors (Lipinski definition) is 4. The highest BCUT2D eigenvalue weighted by molar-refractivity contribution is 5.91. The minimum Gasteiger partial charge on any atom is -0.327 e. The zero-order valence-electron chi connectivity index (χ0n) is 11.1. The minimum absolute atomic E-state index is 0.0202. The topological polar surface area (TPSA) is 85.8 Å². The second-order valence-electron chi connectivity index (χ2n) is 5.13. The smallest absolute Gasteiger partial charge is 0.225 e. The maximum Gasteiger partial charge on any atom is 0.225 e. The molecule has 20 heavy (non-hydrogen) atoms. The maximum atomic E-state index is 11.8. The van der Waals surface area contributed by atoms with Gasteiger partial charge >= 0.3 is 0 Å². The summed E-state index contributed by atoms with van der Waals surface area (Å²) in [5.74, 6) is 1.24. The van der Waals surface area contributed by atoms with Crippen LogP contribution < -0.4 is 11.1 Å². The Labute approximate surface area is 117 Å². The lowest BCUT2D eigenvalue weighted by molar-refractivity contribution is -0.116. The molecule has 1 unspecified atom stereocenters. The van der Waals surface area contributed by atoms with Crippen molar-refractivity contribution in [2.45, 2.75) is 25.3 Å². The first-order valence-electron chi connectivity index (χ1n) is 6.72. The van der Waals surface area contributed by atoms with E-state index in [1.807, 2.05) is 18.3 Å². The lowest BCUT2D eigenvalue weighted by Gasteiger charge is -2.10. The van der Waals surface area contributed by atoms with Crippen molar-refractivity contribution in [3.8, 4) is 5.82 Å². The SMILES string of the molecule is NC(CC(=O)Nc1ccc(-n2ccnc2)nc1)C1CC1. The molecule has 6 nitrogen and oxygen atoms in total. The summed E-state index contributed by atoms with van der Waals surface area (Å²) in [4.78, 5) is 20.1. The molecular formula is C14H17N5O. The Morgan fingerprint density at radius 3 is 2.95 bits per heavy atom. The Morgan fingerprint density at radius 2 is 2.35 bits per heavy atom. The summed E-state index contributed by atoms with van der Waals surface area (Å²) in [7, 11) is 0. The molecule has 1 aliphatic carbocycles. The summed E-state index contributed by atoms with van der Waals surface area (Å²) < 4.78 is 1.80. The molecule has 0 aliphatic heterocycles. The molecule has 1 amide bonds. The number of aromatic nitrogens is 3. The Balaban J connectivity index is 1.58. The number of nitrogens with zero attached hydrogens (tertiary/aromatic N) is 3. The number of imidazole rings is 1. The summed E-state index contributed by atoms with van der Waals surface area (Å²) in [5, 5.41) is 2.82. The van der Waals surface area contributed by atoms with Crippen LogP contribution in [0.15, 0.2) is 37.1 Å². The van der Waals surface area contributed by atoms with Gasteiger partial charge in [-0.05, 0) is 30.9 Å². The zero-order valence-corrected chi connectivity index (χ0v) is 11.1. The van der Waals surface area contributed by atoms with Crippen LogP contribution in [0.2, 0.25) is 0 Å². The Hall–Kier alpha value is -2.21. The average Bonchev–Trinajstić information content (AvgIpc) is 3.15. The number of carbonyl (C=O) groups excluding carboxylic acids is 1. The largest absolute Gasteiger partial charge is 0.327 e. The molecule has 2 aromatic rings. The molecular weight excluding hydrogens is 254 g/mol. The standard InChI is InChI=1S/C14H17N5O/c15-12(10-1-2-10)7-14(20)18-11-3-4-13(17-8-11)19-6-5-16-9-19/h3-6,8-10,12H,1-2,7,15H2,(H,18,20). The van der Waals surface area contributed by atoms with Crippen LogP contribution in [0.3, 0.4) is 0 Å². The van der Waals surface area contributed by atoms with Crippen LogP contribution in [0.1, 0.15) is 19.3 Å². The number of pyridine rings is 1.